The molecule has 0 aromatic rings. The predicted molar refractivity (Wildman–Crippen MR) is 71.2 cm³/mol. The van der Waals surface area contributed by atoms with Gasteiger partial charge in [0.1, 0.15) is 0 Å². The van der Waals surface area contributed by atoms with Crippen LogP contribution in [-0.4, -0.2) is 0 Å². The Bertz CT molecular complexity index is 117. The first kappa shape index (κ1) is 15.0. The summed E-state index contributed by atoms with van der Waals surface area (Å²) in [6, 6.07) is 0. The molecule has 2 atom stereocenters. The first-order valence-electron chi connectivity index (χ1n) is 7.24. The third-order valence-electron chi connectivity index (χ3n) is 3.67. The van der Waals surface area contributed by atoms with Gasteiger partial charge in [-0.2, -0.15) is 0 Å². The van der Waals surface area contributed by atoms with Crippen molar-refractivity contribution < 1.29 is 0 Å². The van der Waals surface area contributed by atoms with E-state index in [-0.39, 0.29) is 0 Å². The molecule has 0 amide bonds. The molecule has 0 rings (SSSR count). The summed E-state index contributed by atoms with van der Waals surface area (Å²) in [6.07, 6.45) is 12.9. The van der Waals surface area contributed by atoms with E-state index in [9.17, 15) is 0 Å². The lowest BCUT2D eigenvalue weighted by Crippen LogP contribution is -2.02. The molecule has 0 saturated heterocycles. The van der Waals surface area contributed by atoms with E-state index in [1.54, 1.807) is 0 Å². The summed E-state index contributed by atoms with van der Waals surface area (Å²) in [4.78, 5) is 0. The van der Waals surface area contributed by atoms with Crippen LogP contribution in [0.2, 0.25) is 0 Å². The van der Waals surface area contributed by atoms with E-state index in [2.05, 4.69) is 27.7 Å². The van der Waals surface area contributed by atoms with E-state index < -0.39 is 0 Å². The van der Waals surface area contributed by atoms with E-state index in [0.29, 0.717) is 0 Å². The van der Waals surface area contributed by atoms with Crippen LogP contribution in [0.3, 0.4) is 0 Å². The highest BCUT2D eigenvalue weighted by molar-refractivity contribution is 4.61. The van der Waals surface area contributed by atoms with Crippen molar-refractivity contribution >= 4 is 0 Å². The molecule has 0 bridgehead atoms. The van der Waals surface area contributed by atoms with Crippen molar-refractivity contribution in [3.05, 3.63) is 0 Å². The van der Waals surface area contributed by atoms with Crippen molar-refractivity contribution in [3.63, 3.8) is 0 Å². The van der Waals surface area contributed by atoms with E-state index in [0.717, 1.165) is 11.8 Å². The van der Waals surface area contributed by atoms with Gasteiger partial charge in [0, 0.05) is 0 Å². The highest BCUT2D eigenvalue weighted by Crippen LogP contribution is 2.23. The van der Waals surface area contributed by atoms with Crippen LogP contribution < -0.4 is 0 Å². The molecule has 0 spiro atoms. The van der Waals surface area contributed by atoms with Crippen LogP contribution >= 0.6 is 0 Å². The Morgan fingerprint density at radius 3 is 1.93 bits per heavy atom. The summed E-state index contributed by atoms with van der Waals surface area (Å²) in [5.74, 6) is 1.97. The molecule has 92 valence electrons. The zero-order valence-corrected chi connectivity index (χ0v) is 11.5. The Kier molecular flexibility index (Phi) is 10.5. The van der Waals surface area contributed by atoms with Gasteiger partial charge in [0.2, 0.25) is 0 Å². The quantitative estimate of drug-likeness (QED) is 0.429. The van der Waals surface area contributed by atoms with Gasteiger partial charge in [0.25, 0.3) is 0 Å². The van der Waals surface area contributed by atoms with E-state index in [4.69, 9.17) is 0 Å². The van der Waals surface area contributed by atoms with Gasteiger partial charge in [-0.1, -0.05) is 85.5 Å². The first-order valence-corrected chi connectivity index (χ1v) is 7.24. The van der Waals surface area contributed by atoms with Crippen molar-refractivity contribution in [3.8, 4) is 0 Å². The molecule has 0 aliphatic rings. The Morgan fingerprint density at radius 2 is 1.40 bits per heavy atom. The van der Waals surface area contributed by atoms with Crippen molar-refractivity contribution in [1.29, 1.82) is 0 Å². The Hall–Kier alpha value is 0. The molecule has 0 aliphatic carbocycles. The molecule has 0 saturated carbocycles. The van der Waals surface area contributed by atoms with Crippen LogP contribution in [0.25, 0.3) is 0 Å². The van der Waals surface area contributed by atoms with Crippen LogP contribution in [0.5, 0.6) is 0 Å². The smallest absolute Gasteiger partial charge is 0.0414 e. The molecule has 2 unspecified atom stereocenters. The second-order valence-corrected chi connectivity index (χ2v) is 5.24. The van der Waals surface area contributed by atoms with Gasteiger partial charge < -0.3 is 0 Å². The van der Waals surface area contributed by atoms with Crippen molar-refractivity contribution in [2.75, 3.05) is 0 Å². The molecule has 0 heteroatoms. The molecular weight excluding hydrogens is 180 g/mol. The monoisotopic (exact) mass is 212 g/mol. The summed E-state index contributed by atoms with van der Waals surface area (Å²) < 4.78 is 0. The van der Waals surface area contributed by atoms with Gasteiger partial charge in [0.15, 0.2) is 0 Å². The van der Waals surface area contributed by atoms with Gasteiger partial charge in [0.05, 0.1) is 0 Å². The van der Waals surface area contributed by atoms with Crippen LogP contribution in [0.4, 0.5) is 0 Å². The minimum absolute atomic E-state index is 0.943. The maximum atomic E-state index is 2.39. The van der Waals surface area contributed by atoms with Gasteiger partial charge >= 0.3 is 0 Å². The molecule has 0 aromatic heterocycles. The molecule has 0 radical (unpaired) electrons. The van der Waals surface area contributed by atoms with Crippen LogP contribution in [0.1, 0.15) is 85.5 Å². The van der Waals surface area contributed by atoms with E-state index in [1.807, 2.05) is 0 Å². The fourth-order valence-corrected chi connectivity index (χ4v) is 2.29. The SMILES string of the molecule is CCCCC(CCC)CCCC(C)CC. The number of hydrogen-bond acceptors (Lipinski definition) is 0. The van der Waals surface area contributed by atoms with Gasteiger partial charge in [-0.25, -0.2) is 0 Å². The van der Waals surface area contributed by atoms with Gasteiger partial charge in [-0.05, 0) is 11.8 Å². The van der Waals surface area contributed by atoms with Crippen LogP contribution in [0, 0.1) is 11.8 Å². The van der Waals surface area contributed by atoms with Crippen LogP contribution in [0.15, 0.2) is 0 Å². The molecule has 0 N–H and O–H groups in total. The molecule has 0 nitrogen and oxygen atoms in total. The molecule has 0 fully saturated rings. The molecular formula is C15H32. The lowest BCUT2D eigenvalue weighted by molar-refractivity contribution is 0.367. The standard InChI is InChI=1S/C15H32/c1-5-8-12-15(10-6-2)13-9-11-14(4)7-3/h14-15H,5-13H2,1-4H3. The minimum Gasteiger partial charge on any atom is -0.0654 e. The molecule has 0 aliphatic heterocycles. The second kappa shape index (κ2) is 10.5. The molecule has 0 aromatic carbocycles. The first-order chi connectivity index (χ1) is 7.24. The number of unbranched alkanes of at least 4 members (excludes halogenated alkanes) is 1. The predicted octanol–water partition coefficient (Wildman–Crippen LogP) is 5.81. The zero-order chi connectivity index (χ0) is 11.5. The second-order valence-electron chi connectivity index (χ2n) is 5.24. The summed E-state index contributed by atoms with van der Waals surface area (Å²) in [7, 11) is 0. The lowest BCUT2D eigenvalue weighted by Gasteiger charge is -2.16. The third kappa shape index (κ3) is 8.96. The number of rotatable bonds is 10. The zero-order valence-electron chi connectivity index (χ0n) is 11.5. The summed E-state index contributed by atoms with van der Waals surface area (Å²) >= 11 is 0. The topological polar surface area (TPSA) is 0 Å². The van der Waals surface area contributed by atoms with Crippen molar-refractivity contribution in [1.82, 2.24) is 0 Å². The Morgan fingerprint density at radius 1 is 0.733 bits per heavy atom. The van der Waals surface area contributed by atoms with Crippen molar-refractivity contribution in [2.45, 2.75) is 85.5 Å². The highest BCUT2D eigenvalue weighted by Gasteiger charge is 2.07. The maximum Gasteiger partial charge on any atom is -0.0414 e. The third-order valence-corrected chi connectivity index (χ3v) is 3.67. The minimum atomic E-state index is 0.943. The summed E-state index contributed by atoms with van der Waals surface area (Å²) in [5, 5.41) is 0. The van der Waals surface area contributed by atoms with E-state index >= 15 is 0 Å². The highest BCUT2D eigenvalue weighted by atomic mass is 14.1. The average Bonchev–Trinajstić information content (AvgIpc) is 2.25. The van der Waals surface area contributed by atoms with Crippen molar-refractivity contribution in [2.24, 2.45) is 11.8 Å². The normalized spacial score (nSPS) is 15.2. The van der Waals surface area contributed by atoms with E-state index in [1.165, 1.54) is 57.8 Å². The fourth-order valence-electron chi connectivity index (χ4n) is 2.29. The Balaban J connectivity index is 3.55. The average molecular weight is 212 g/mol. The summed E-state index contributed by atoms with van der Waals surface area (Å²) in [5.41, 5.74) is 0. The Labute approximate surface area is 97.8 Å². The molecule has 15 heavy (non-hydrogen) atoms. The van der Waals surface area contributed by atoms with Gasteiger partial charge in [-0.15, -0.1) is 0 Å². The van der Waals surface area contributed by atoms with Gasteiger partial charge in [-0.3, -0.25) is 0 Å². The van der Waals surface area contributed by atoms with Crippen LogP contribution in [-0.2, 0) is 0 Å². The fraction of sp³-hybridized carbons (Fsp3) is 1.00. The summed E-state index contributed by atoms with van der Waals surface area (Å²) in [6.45, 7) is 9.34. The lowest BCUT2D eigenvalue weighted by atomic mass is 9.90. The largest absolute Gasteiger partial charge is 0.0654 e. The molecule has 0 heterocycles. The number of hydrogen-bond donors (Lipinski definition) is 0. The maximum absolute atomic E-state index is 2.39.